The topological polar surface area (TPSA) is 129 Å². The maximum atomic E-state index is 12.9. The van der Waals surface area contributed by atoms with E-state index in [1.54, 1.807) is 0 Å². The van der Waals surface area contributed by atoms with Crippen LogP contribution in [0.1, 0.15) is 210 Å². The fourth-order valence-electron chi connectivity index (χ4n) is 8.24. The molecule has 0 spiro atoms. The summed E-state index contributed by atoms with van der Waals surface area (Å²) >= 11 is 0. The third kappa shape index (κ3) is 23.6. The van der Waals surface area contributed by atoms with Gasteiger partial charge in [-0.1, -0.05) is 185 Å². The van der Waals surface area contributed by atoms with E-state index in [9.17, 15) is 32.8 Å². The fourth-order valence-corrected chi connectivity index (χ4v) is 9.41. The van der Waals surface area contributed by atoms with Crippen LogP contribution in [0.3, 0.4) is 0 Å². The zero-order chi connectivity index (χ0) is 39.9. The van der Waals surface area contributed by atoms with Gasteiger partial charge in [0.25, 0.3) is 10.1 Å². The van der Waals surface area contributed by atoms with Crippen LogP contribution in [-0.2, 0) is 19.7 Å². The second kappa shape index (κ2) is 27.4. The van der Waals surface area contributed by atoms with Crippen molar-refractivity contribution in [3.05, 3.63) is 0 Å². The summed E-state index contributed by atoms with van der Waals surface area (Å²) in [6.45, 7) is 22.5. The van der Waals surface area contributed by atoms with Crippen molar-refractivity contribution in [3.8, 4) is 0 Å². The highest BCUT2D eigenvalue weighted by molar-refractivity contribution is 7.87. The summed E-state index contributed by atoms with van der Waals surface area (Å²) in [5.41, 5.74) is -2.08. The van der Waals surface area contributed by atoms with Gasteiger partial charge in [0, 0.05) is 0 Å². The Morgan fingerprint density at radius 1 is 0.442 bits per heavy atom. The predicted molar refractivity (Wildman–Crippen MR) is 219 cm³/mol. The summed E-state index contributed by atoms with van der Waals surface area (Å²) in [6, 6.07) is 0. The molecule has 0 amide bonds. The Hall–Kier alpha value is -1.15. The minimum atomic E-state index is -5.15. The molecule has 0 fully saturated rings. The Morgan fingerprint density at radius 3 is 0.865 bits per heavy atom. The average molecular weight is 759 g/mol. The molecule has 0 saturated carbocycles. The van der Waals surface area contributed by atoms with E-state index in [-0.39, 0.29) is 24.7 Å². The van der Waals surface area contributed by atoms with Gasteiger partial charge < -0.3 is 10.2 Å². The Morgan fingerprint density at radius 2 is 0.673 bits per heavy atom. The van der Waals surface area contributed by atoms with Crippen molar-refractivity contribution >= 4 is 22.1 Å². The van der Waals surface area contributed by atoms with E-state index in [0.717, 1.165) is 62.2 Å². The molecule has 0 aromatic heterocycles. The van der Waals surface area contributed by atoms with Crippen LogP contribution in [0.5, 0.6) is 0 Å². The molecule has 7 atom stereocenters. The lowest BCUT2D eigenvalue weighted by atomic mass is 9.72. The highest BCUT2D eigenvalue weighted by Crippen LogP contribution is 2.41. The van der Waals surface area contributed by atoms with Gasteiger partial charge in [-0.15, -0.1) is 0 Å². The summed E-state index contributed by atoms with van der Waals surface area (Å²) in [6.07, 6.45) is 21.8. The normalized spacial score (nSPS) is 17.7. The first-order valence-corrected chi connectivity index (χ1v) is 23.1. The second-order valence-corrected chi connectivity index (χ2v) is 20.3. The van der Waals surface area contributed by atoms with E-state index in [1.807, 2.05) is 13.8 Å². The maximum Gasteiger partial charge on any atom is 0.325 e. The van der Waals surface area contributed by atoms with Gasteiger partial charge in [-0.3, -0.25) is 14.1 Å². The van der Waals surface area contributed by atoms with Crippen LogP contribution < -0.4 is 0 Å². The van der Waals surface area contributed by atoms with Crippen molar-refractivity contribution < 1.29 is 32.8 Å². The predicted octanol–water partition coefficient (Wildman–Crippen LogP) is 13.1. The summed E-state index contributed by atoms with van der Waals surface area (Å²) in [7, 11) is -5.15. The van der Waals surface area contributed by atoms with Gasteiger partial charge in [0.2, 0.25) is 0 Å². The lowest BCUT2D eigenvalue weighted by Crippen LogP contribution is -2.51. The number of hydrogen-bond acceptors (Lipinski definition) is 4. The Balaban J connectivity index is 5.03. The molecule has 0 rings (SSSR count). The number of rotatable bonds is 34. The van der Waals surface area contributed by atoms with Crippen LogP contribution >= 0.6 is 0 Å². The molecule has 0 aromatic rings. The Labute approximate surface area is 322 Å². The van der Waals surface area contributed by atoms with Gasteiger partial charge in [0.05, 0.1) is 5.41 Å². The number of aliphatic carboxylic acids is 2. The molecule has 0 bridgehead atoms. The van der Waals surface area contributed by atoms with Gasteiger partial charge in [-0.05, 0) is 73.0 Å². The van der Waals surface area contributed by atoms with Crippen molar-refractivity contribution in [1.82, 2.24) is 0 Å². The van der Waals surface area contributed by atoms with Crippen LogP contribution in [0.2, 0.25) is 0 Å². The quantitative estimate of drug-likeness (QED) is 0.0557. The van der Waals surface area contributed by atoms with Crippen LogP contribution in [0, 0.1) is 52.8 Å². The van der Waals surface area contributed by atoms with E-state index in [1.165, 1.54) is 77.0 Å². The third-order valence-corrected chi connectivity index (χ3v) is 13.4. The van der Waals surface area contributed by atoms with E-state index < -0.39 is 32.7 Å². The monoisotopic (exact) mass is 759 g/mol. The number of carboxylic acids is 2. The average Bonchev–Trinajstić information content (AvgIpc) is 3.01. The zero-order valence-corrected chi connectivity index (χ0v) is 36.5. The van der Waals surface area contributed by atoms with E-state index in [2.05, 4.69) is 55.4 Å². The molecule has 52 heavy (non-hydrogen) atoms. The SMILES string of the molecule is CC(C)CCCC(C)CCCC(C)CCCC(C)CCC(CCC(C)CCCC(C)CCCC(C)CCCC(C)C)(C(=O)O)C(C(=O)O)S(=O)(=O)O. The van der Waals surface area contributed by atoms with Crippen molar-refractivity contribution in [2.45, 2.75) is 216 Å². The molecule has 0 heterocycles. The molecule has 7 unspecified atom stereocenters. The molecule has 7 nitrogen and oxygen atoms in total. The first-order chi connectivity index (χ1) is 24.2. The van der Waals surface area contributed by atoms with Gasteiger partial charge in [0.15, 0.2) is 5.25 Å². The molecule has 0 aromatic carbocycles. The molecular formula is C44H86O7S. The lowest BCUT2D eigenvalue weighted by Gasteiger charge is -2.35. The third-order valence-electron chi connectivity index (χ3n) is 12.1. The van der Waals surface area contributed by atoms with E-state index in [4.69, 9.17) is 0 Å². The van der Waals surface area contributed by atoms with Gasteiger partial charge >= 0.3 is 11.9 Å². The number of hydrogen-bond donors (Lipinski definition) is 3. The van der Waals surface area contributed by atoms with Gasteiger partial charge in [-0.25, -0.2) is 0 Å². The minimum absolute atomic E-state index is 0.0931. The van der Waals surface area contributed by atoms with Gasteiger partial charge in [-0.2, -0.15) is 8.42 Å². The Bertz CT molecular complexity index is 991. The van der Waals surface area contributed by atoms with Crippen molar-refractivity contribution in [2.75, 3.05) is 0 Å². The summed E-state index contributed by atoms with van der Waals surface area (Å²) in [4.78, 5) is 25.2. The largest absolute Gasteiger partial charge is 0.481 e. The van der Waals surface area contributed by atoms with Gasteiger partial charge in [0.1, 0.15) is 0 Å². The minimum Gasteiger partial charge on any atom is -0.481 e. The van der Waals surface area contributed by atoms with E-state index in [0.29, 0.717) is 24.7 Å². The van der Waals surface area contributed by atoms with Crippen LogP contribution in [0.15, 0.2) is 0 Å². The first kappa shape index (κ1) is 50.9. The molecular weight excluding hydrogens is 673 g/mol. The van der Waals surface area contributed by atoms with Crippen molar-refractivity contribution in [2.24, 2.45) is 52.8 Å². The summed E-state index contributed by atoms with van der Waals surface area (Å²) < 4.78 is 34.9. The highest BCUT2D eigenvalue weighted by Gasteiger charge is 2.55. The van der Waals surface area contributed by atoms with E-state index >= 15 is 0 Å². The lowest BCUT2D eigenvalue weighted by molar-refractivity contribution is -0.156. The molecule has 0 radical (unpaired) electrons. The molecule has 8 heteroatoms. The smallest absolute Gasteiger partial charge is 0.325 e. The van der Waals surface area contributed by atoms with Crippen molar-refractivity contribution in [3.63, 3.8) is 0 Å². The molecule has 0 aliphatic carbocycles. The van der Waals surface area contributed by atoms with Crippen LogP contribution in [0.4, 0.5) is 0 Å². The van der Waals surface area contributed by atoms with Crippen LogP contribution in [0.25, 0.3) is 0 Å². The summed E-state index contributed by atoms with van der Waals surface area (Å²) in [5, 5.41) is 18.1. The first-order valence-electron chi connectivity index (χ1n) is 21.6. The molecule has 0 saturated heterocycles. The maximum absolute atomic E-state index is 12.9. The standard InChI is InChI=1S/C44H86O7S/c1-33(2)17-11-19-35(5)21-13-23-37(7)25-15-27-39(9)29-31-44(43(47)48,41(42(45)46)52(49,50)51)32-30-40(10)28-16-26-38(8)24-14-22-36(6)20-12-18-34(3)4/h33-41H,11-32H2,1-10H3,(H,45,46)(H,47,48)(H,49,50,51). The molecule has 0 aliphatic rings. The fraction of sp³-hybridized carbons (Fsp3) is 0.955. The summed E-state index contributed by atoms with van der Waals surface area (Å²) in [5.74, 6) is 1.29. The number of carboxylic acid groups (broad SMARTS) is 2. The molecule has 0 aliphatic heterocycles. The Kier molecular flexibility index (Phi) is 26.8. The second-order valence-electron chi connectivity index (χ2n) is 18.8. The van der Waals surface area contributed by atoms with Crippen LogP contribution in [-0.4, -0.2) is 40.4 Å². The molecule has 310 valence electrons. The van der Waals surface area contributed by atoms with Crippen molar-refractivity contribution in [1.29, 1.82) is 0 Å². The zero-order valence-electron chi connectivity index (χ0n) is 35.6. The highest BCUT2D eigenvalue weighted by atomic mass is 32.2. The molecule has 3 N–H and O–H groups in total. The number of carbonyl (C=O) groups is 2.